The topological polar surface area (TPSA) is 0 Å². The Kier molecular flexibility index (Phi) is 11.2. The molecule has 0 aliphatic rings. The summed E-state index contributed by atoms with van der Waals surface area (Å²) in [4.78, 5) is 0. The van der Waals surface area contributed by atoms with Crippen LogP contribution in [0.1, 0.15) is 57.8 Å². The normalized spacial score (nSPS) is 9.38. The first-order valence-electron chi connectivity index (χ1n) is 5.46. The van der Waals surface area contributed by atoms with E-state index in [1.807, 2.05) is 0 Å². The van der Waals surface area contributed by atoms with Gasteiger partial charge in [0.25, 0.3) is 0 Å². The van der Waals surface area contributed by atoms with Crippen LogP contribution in [0, 0.1) is 25.7 Å². The second-order valence-corrected chi connectivity index (χ2v) is 3.33. The highest BCUT2D eigenvalue weighted by molar-refractivity contribution is 4.98. The van der Waals surface area contributed by atoms with Crippen LogP contribution in [0.5, 0.6) is 0 Å². The molecule has 0 heteroatoms. The largest absolute Gasteiger partial charge is 0.103 e. The summed E-state index contributed by atoms with van der Waals surface area (Å²) in [7, 11) is 0. The van der Waals surface area contributed by atoms with E-state index in [-0.39, 0.29) is 0 Å². The van der Waals surface area contributed by atoms with Crippen LogP contribution >= 0.6 is 0 Å². The fraction of sp³-hybridized carbons (Fsp3) is 0.692. The van der Waals surface area contributed by atoms with Gasteiger partial charge in [0.05, 0.1) is 0 Å². The van der Waals surface area contributed by atoms with Gasteiger partial charge in [0, 0.05) is 12.8 Å². The average Bonchev–Trinajstić information content (AvgIpc) is 2.16. The van der Waals surface area contributed by atoms with Crippen molar-refractivity contribution in [1.82, 2.24) is 0 Å². The Labute approximate surface area is 84.1 Å². The van der Waals surface area contributed by atoms with Gasteiger partial charge in [0.2, 0.25) is 0 Å². The molecule has 0 heterocycles. The molecule has 0 nitrogen and oxygen atoms in total. The van der Waals surface area contributed by atoms with E-state index in [9.17, 15) is 0 Å². The van der Waals surface area contributed by atoms with Crippen LogP contribution in [-0.2, 0) is 0 Å². The molecule has 0 saturated carbocycles. The van der Waals surface area contributed by atoms with Gasteiger partial charge in [-0.25, -0.2) is 0 Å². The Morgan fingerprint density at radius 3 is 1.92 bits per heavy atom. The van der Waals surface area contributed by atoms with Crippen LogP contribution in [-0.4, -0.2) is 0 Å². The Hall–Kier alpha value is -0.440. The first-order valence-corrected chi connectivity index (χ1v) is 5.46. The quantitative estimate of drug-likeness (QED) is 0.405. The van der Waals surface area contributed by atoms with E-state index >= 15 is 0 Å². The third kappa shape index (κ3) is 11.6. The summed E-state index contributed by atoms with van der Waals surface area (Å²) >= 11 is 0. The first kappa shape index (κ1) is 12.6. The van der Waals surface area contributed by atoms with Crippen molar-refractivity contribution in [2.45, 2.75) is 57.8 Å². The molecule has 0 aromatic carbocycles. The van der Waals surface area contributed by atoms with Crippen molar-refractivity contribution >= 4 is 0 Å². The molecule has 0 amide bonds. The molecular weight excluding hydrogens is 156 g/mol. The zero-order valence-electron chi connectivity index (χ0n) is 8.78. The molecule has 0 aliphatic heterocycles. The summed E-state index contributed by atoms with van der Waals surface area (Å²) in [6.45, 7) is 7.50. The fourth-order valence-electron chi connectivity index (χ4n) is 1.27. The molecular formula is C13H22. The molecule has 0 aromatic heterocycles. The van der Waals surface area contributed by atoms with Crippen molar-refractivity contribution in [2.75, 3.05) is 0 Å². The van der Waals surface area contributed by atoms with Gasteiger partial charge in [-0.2, -0.15) is 0 Å². The van der Waals surface area contributed by atoms with Crippen molar-refractivity contribution in [1.29, 1.82) is 0 Å². The number of rotatable bonds is 7. The molecule has 0 unspecified atom stereocenters. The van der Waals surface area contributed by atoms with E-state index in [1.54, 1.807) is 0 Å². The third-order valence-corrected chi connectivity index (χ3v) is 2.05. The Morgan fingerprint density at radius 1 is 0.692 bits per heavy atom. The van der Waals surface area contributed by atoms with Crippen molar-refractivity contribution < 1.29 is 0 Å². The monoisotopic (exact) mass is 178 g/mol. The Balaban J connectivity index is 2.91. The lowest BCUT2D eigenvalue weighted by molar-refractivity contribution is 0.601. The lowest BCUT2D eigenvalue weighted by Crippen LogP contribution is -1.79. The highest BCUT2D eigenvalue weighted by atomic mass is 13.9. The number of hydrogen-bond acceptors (Lipinski definition) is 0. The second kappa shape index (κ2) is 11.6. The third-order valence-electron chi connectivity index (χ3n) is 2.05. The van der Waals surface area contributed by atoms with Crippen LogP contribution < -0.4 is 0 Å². The summed E-state index contributed by atoms with van der Waals surface area (Å²) in [6, 6.07) is 0. The fourth-order valence-corrected chi connectivity index (χ4v) is 1.27. The Morgan fingerprint density at radius 2 is 1.31 bits per heavy atom. The minimum absolute atomic E-state index is 0.753. The van der Waals surface area contributed by atoms with Gasteiger partial charge in [-0.05, 0) is 13.3 Å². The maximum absolute atomic E-state index is 3.83. The first-order chi connectivity index (χ1) is 6.41. The van der Waals surface area contributed by atoms with E-state index in [0.717, 1.165) is 19.3 Å². The zero-order valence-corrected chi connectivity index (χ0v) is 8.78. The minimum Gasteiger partial charge on any atom is -0.103 e. The van der Waals surface area contributed by atoms with Crippen LogP contribution in [0.4, 0.5) is 0 Å². The van der Waals surface area contributed by atoms with Crippen LogP contribution in [0.3, 0.4) is 0 Å². The SMILES string of the molecule is [CH2]CC#CCCCCCCCC[CH2]. The van der Waals surface area contributed by atoms with E-state index in [4.69, 9.17) is 0 Å². The molecule has 74 valence electrons. The number of hydrogen-bond donors (Lipinski definition) is 0. The zero-order chi connectivity index (χ0) is 9.78. The molecule has 0 bridgehead atoms. The summed E-state index contributed by atoms with van der Waals surface area (Å²) < 4.78 is 0. The van der Waals surface area contributed by atoms with Gasteiger partial charge in [-0.15, -0.1) is 11.8 Å². The second-order valence-electron chi connectivity index (χ2n) is 3.33. The highest BCUT2D eigenvalue weighted by Crippen LogP contribution is 2.07. The standard InChI is InChI=1S/C13H22/c1-3-5-7-9-11-13-12-10-8-6-4-2/h1-5,7,9-13H2. The summed E-state index contributed by atoms with van der Waals surface area (Å²) in [6.07, 6.45) is 10.9. The summed E-state index contributed by atoms with van der Waals surface area (Å²) in [5.74, 6) is 6.10. The molecule has 0 saturated heterocycles. The maximum Gasteiger partial charge on any atom is 0.00890 e. The van der Waals surface area contributed by atoms with Crippen molar-refractivity contribution in [3.8, 4) is 11.8 Å². The van der Waals surface area contributed by atoms with Gasteiger partial charge in [-0.1, -0.05) is 45.4 Å². The van der Waals surface area contributed by atoms with Crippen LogP contribution in [0.15, 0.2) is 0 Å². The molecule has 0 N–H and O–H groups in total. The predicted octanol–water partition coefficient (Wildman–Crippen LogP) is 4.17. The Bertz CT molecular complexity index is 136. The van der Waals surface area contributed by atoms with E-state index in [2.05, 4.69) is 25.7 Å². The molecule has 0 aliphatic carbocycles. The van der Waals surface area contributed by atoms with Gasteiger partial charge >= 0.3 is 0 Å². The predicted molar refractivity (Wildman–Crippen MR) is 60.0 cm³/mol. The minimum atomic E-state index is 0.753. The highest BCUT2D eigenvalue weighted by Gasteiger charge is 1.88. The van der Waals surface area contributed by atoms with Gasteiger partial charge in [0.1, 0.15) is 0 Å². The van der Waals surface area contributed by atoms with E-state index in [1.165, 1.54) is 38.5 Å². The van der Waals surface area contributed by atoms with Crippen LogP contribution in [0.2, 0.25) is 0 Å². The molecule has 0 fully saturated rings. The van der Waals surface area contributed by atoms with E-state index < -0.39 is 0 Å². The molecule has 0 rings (SSSR count). The lowest BCUT2D eigenvalue weighted by atomic mass is 10.1. The lowest BCUT2D eigenvalue weighted by Gasteiger charge is -1.97. The maximum atomic E-state index is 3.83. The molecule has 13 heavy (non-hydrogen) atoms. The smallest absolute Gasteiger partial charge is 0.00890 e. The summed E-state index contributed by atoms with van der Waals surface area (Å²) in [5, 5.41) is 0. The molecule has 0 aromatic rings. The molecule has 0 spiro atoms. The van der Waals surface area contributed by atoms with Crippen molar-refractivity contribution in [3.63, 3.8) is 0 Å². The average molecular weight is 178 g/mol. The molecule has 2 radical (unpaired) electrons. The van der Waals surface area contributed by atoms with Gasteiger partial charge in [0.15, 0.2) is 0 Å². The van der Waals surface area contributed by atoms with Crippen molar-refractivity contribution in [3.05, 3.63) is 13.8 Å². The van der Waals surface area contributed by atoms with Crippen LogP contribution in [0.25, 0.3) is 0 Å². The summed E-state index contributed by atoms with van der Waals surface area (Å²) in [5.41, 5.74) is 0. The van der Waals surface area contributed by atoms with Gasteiger partial charge in [-0.3, -0.25) is 0 Å². The number of unbranched alkanes of at least 4 members (excludes halogenated alkanes) is 7. The van der Waals surface area contributed by atoms with Crippen molar-refractivity contribution in [2.24, 2.45) is 0 Å². The molecule has 0 atom stereocenters. The van der Waals surface area contributed by atoms with Gasteiger partial charge < -0.3 is 0 Å². The van der Waals surface area contributed by atoms with E-state index in [0.29, 0.717) is 0 Å².